The van der Waals surface area contributed by atoms with E-state index in [1.54, 1.807) is 13.2 Å². The lowest BCUT2D eigenvalue weighted by Crippen LogP contribution is -2.50. The van der Waals surface area contributed by atoms with Crippen LogP contribution in [0, 0.1) is 5.82 Å². The average Bonchev–Trinajstić information content (AvgIpc) is 2.74. The first-order valence-electron chi connectivity index (χ1n) is 9.31. The number of methoxy groups -OCH3 is 1. The van der Waals surface area contributed by atoms with Crippen molar-refractivity contribution in [1.82, 2.24) is 9.62 Å². The van der Waals surface area contributed by atoms with Crippen molar-refractivity contribution in [2.24, 2.45) is 0 Å². The molecule has 0 radical (unpaired) electrons. The summed E-state index contributed by atoms with van der Waals surface area (Å²) < 4.78 is 45.6. The molecule has 0 unspecified atom stereocenters. The van der Waals surface area contributed by atoms with Crippen LogP contribution >= 0.6 is 0 Å². The number of carbonyl (C=O) groups is 1. The summed E-state index contributed by atoms with van der Waals surface area (Å²) in [6.45, 7) is 1.70. The van der Waals surface area contributed by atoms with Gasteiger partial charge in [0.15, 0.2) is 0 Å². The first kappa shape index (κ1) is 21.1. The quantitative estimate of drug-likeness (QED) is 0.737. The van der Waals surface area contributed by atoms with Crippen LogP contribution < -0.4 is 15.0 Å². The number of anilines is 1. The molecule has 1 amide bonds. The average molecular weight is 421 g/mol. The van der Waals surface area contributed by atoms with Gasteiger partial charge in [0.2, 0.25) is 10.0 Å². The number of carbonyl (C=O) groups excluding carboxylic acids is 1. The van der Waals surface area contributed by atoms with E-state index < -0.39 is 21.7 Å². The summed E-state index contributed by atoms with van der Waals surface area (Å²) in [6, 6.07) is 13.2. The van der Waals surface area contributed by atoms with Gasteiger partial charge in [0.05, 0.1) is 24.1 Å². The first-order valence-corrected chi connectivity index (χ1v) is 10.9. The van der Waals surface area contributed by atoms with Gasteiger partial charge in [-0.2, -0.15) is 4.31 Å². The largest absolute Gasteiger partial charge is 0.495 e. The second-order valence-corrected chi connectivity index (χ2v) is 8.70. The smallest absolute Gasteiger partial charge is 0.254 e. The van der Waals surface area contributed by atoms with Gasteiger partial charge in [-0.15, -0.1) is 0 Å². The summed E-state index contributed by atoms with van der Waals surface area (Å²) in [5.41, 5.74) is 0.833. The van der Waals surface area contributed by atoms with E-state index in [0.717, 1.165) is 11.4 Å². The predicted octanol–water partition coefficient (Wildman–Crippen LogP) is 1.72. The molecule has 0 saturated carbocycles. The molecule has 0 spiro atoms. The number of halogens is 1. The highest BCUT2D eigenvalue weighted by Gasteiger charge is 2.27. The number of nitrogens with one attached hydrogen (secondary N) is 1. The summed E-state index contributed by atoms with van der Waals surface area (Å²) in [5.74, 6) is -0.749. The monoisotopic (exact) mass is 421 g/mol. The Balaban J connectivity index is 1.52. The number of rotatable bonds is 7. The number of piperazine rings is 1. The second-order valence-electron chi connectivity index (χ2n) is 6.61. The van der Waals surface area contributed by atoms with Crippen LogP contribution in [0.15, 0.2) is 48.5 Å². The predicted molar refractivity (Wildman–Crippen MR) is 109 cm³/mol. The Hall–Kier alpha value is -2.65. The van der Waals surface area contributed by atoms with Gasteiger partial charge in [0, 0.05) is 32.7 Å². The number of ether oxygens (including phenoxy) is 1. The molecule has 1 aliphatic rings. The number of hydrogen-bond donors (Lipinski definition) is 1. The number of hydrogen-bond acceptors (Lipinski definition) is 5. The zero-order valence-corrected chi connectivity index (χ0v) is 17.0. The first-order chi connectivity index (χ1) is 13.9. The fraction of sp³-hybridized carbons (Fsp3) is 0.350. The van der Waals surface area contributed by atoms with Crippen molar-refractivity contribution < 1.29 is 22.3 Å². The second kappa shape index (κ2) is 9.23. The Bertz CT molecular complexity index is 960. The molecule has 1 aliphatic heterocycles. The van der Waals surface area contributed by atoms with Gasteiger partial charge in [0.1, 0.15) is 11.6 Å². The minimum absolute atomic E-state index is 0.0811. The molecule has 1 fully saturated rings. The Morgan fingerprint density at radius 2 is 1.72 bits per heavy atom. The van der Waals surface area contributed by atoms with Crippen LogP contribution in [-0.2, 0) is 10.0 Å². The molecule has 2 aromatic carbocycles. The molecule has 2 aromatic rings. The number of sulfonamides is 1. The van der Waals surface area contributed by atoms with Crippen molar-refractivity contribution in [3.8, 4) is 5.75 Å². The molecule has 0 atom stereocenters. The summed E-state index contributed by atoms with van der Waals surface area (Å²) in [5, 5.41) is 2.47. The van der Waals surface area contributed by atoms with Gasteiger partial charge in [-0.3, -0.25) is 4.79 Å². The van der Waals surface area contributed by atoms with E-state index in [1.165, 1.54) is 22.5 Å². The normalized spacial score (nSPS) is 15.2. The van der Waals surface area contributed by atoms with Crippen molar-refractivity contribution in [2.75, 3.05) is 50.5 Å². The van der Waals surface area contributed by atoms with Crippen LogP contribution in [0.5, 0.6) is 5.75 Å². The van der Waals surface area contributed by atoms with Gasteiger partial charge in [0.25, 0.3) is 5.91 Å². The lowest BCUT2D eigenvalue weighted by Gasteiger charge is -2.36. The van der Waals surface area contributed by atoms with Crippen molar-refractivity contribution in [3.63, 3.8) is 0 Å². The number of nitrogens with zero attached hydrogens (tertiary/aromatic N) is 2. The van der Waals surface area contributed by atoms with E-state index in [2.05, 4.69) is 10.2 Å². The molecule has 156 valence electrons. The van der Waals surface area contributed by atoms with Crippen LogP contribution in [0.2, 0.25) is 0 Å². The highest BCUT2D eigenvalue weighted by molar-refractivity contribution is 7.89. The number of amides is 1. The maximum Gasteiger partial charge on any atom is 0.254 e. The molecule has 0 bridgehead atoms. The molecule has 9 heteroatoms. The number of benzene rings is 2. The van der Waals surface area contributed by atoms with Crippen LogP contribution in [0.1, 0.15) is 10.4 Å². The number of para-hydroxylation sites is 2. The fourth-order valence-corrected chi connectivity index (χ4v) is 4.60. The molecule has 29 heavy (non-hydrogen) atoms. The van der Waals surface area contributed by atoms with E-state index in [-0.39, 0.29) is 17.9 Å². The Morgan fingerprint density at radius 3 is 2.41 bits per heavy atom. The van der Waals surface area contributed by atoms with Crippen molar-refractivity contribution >= 4 is 21.6 Å². The molecular formula is C20H24FN3O4S. The topological polar surface area (TPSA) is 79.0 Å². The summed E-state index contributed by atoms with van der Waals surface area (Å²) in [6.07, 6.45) is 0. The summed E-state index contributed by atoms with van der Waals surface area (Å²) >= 11 is 0. The third-order valence-corrected chi connectivity index (χ3v) is 6.69. The lowest BCUT2D eigenvalue weighted by atomic mass is 10.2. The van der Waals surface area contributed by atoms with Crippen molar-refractivity contribution in [1.29, 1.82) is 0 Å². The molecule has 0 aromatic heterocycles. The molecule has 1 saturated heterocycles. The van der Waals surface area contributed by atoms with Crippen LogP contribution in [-0.4, -0.2) is 64.2 Å². The molecule has 3 rings (SSSR count). The van der Waals surface area contributed by atoms with Gasteiger partial charge in [-0.25, -0.2) is 12.8 Å². The third-order valence-electron chi connectivity index (χ3n) is 4.82. The van der Waals surface area contributed by atoms with Gasteiger partial charge >= 0.3 is 0 Å². The maximum absolute atomic E-state index is 13.6. The molecule has 1 N–H and O–H groups in total. The minimum Gasteiger partial charge on any atom is -0.495 e. The summed E-state index contributed by atoms with van der Waals surface area (Å²) in [7, 11) is -1.92. The van der Waals surface area contributed by atoms with Gasteiger partial charge < -0.3 is 15.0 Å². The molecule has 7 nitrogen and oxygen atoms in total. The summed E-state index contributed by atoms with van der Waals surface area (Å²) in [4.78, 5) is 14.1. The zero-order valence-electron chi connectivity index (χ0n) is 16.2. The SMILES string of the molecule is COc1ccccc1N1CCN(S(=O)(=O)CCNC(=O)c2ccccc2F)CC1. The fourth-order valence-electron chi connectivity index (χ4n) is 3.26. The Labute approximate surface area is 170 Å². The molecule has 1 heterocycles. The van der Waals surface area contributed by atoms with Crippen molar-refractivity contribution in [2.45, 2.75) is 0 Å². The highest BCUT2D eigenvalue weighted by atomic mass is 32.2. The highest BCUT2D eigenvalue weighted by Crippen LogP contribution is 2.28. The van der Waals surface area contributed by atoms with Crippen LogP contribution in [0.4, 0.5) is 10.1 Å². The van der Waals surface area contributed by atoms with Gasteiger partial charge in [-0.1, -0.05) is 24.3 Å². The van der Waals surface area contributed by atoms with E-state index in [9.17, 15) is 17.6 Å². The molecule has 0 aliphatic carbocycles. The standard InChI is InChI=1S/C20H24FN3O4S/c1-28-19-9-5-4-8-18(19)23-11-13-24(14-12-23)29(26,27)15-10-22-20(25)16-6-2-3-7-17(16)21/h2-9H,10-15H2,1H3,(H,22,25). The minimum atomic E-state index is -3.53. The molecular weight excluding hydrogens is 397 g/mol. The van der Waals surface area contributed by atoms with Crippen molar-refractivity contribution in [3.05, 3.63) is 59.9 Å². The lowest BCUT2D eigenvalue weighted by molar-refractivity contribution is 0.0952. The van der Waals surface area contributed by atoms with E-state index in [4.69, 9.17) is 4.74 Å². The van der Waals surface area contributed by atoms with E-state index >= 15 is 0 Å². The van der Waals surface area contributed by atoms with Gasteiger partial charge in [-0.05, 0) is 24.3 Å². The van der Waals surface area contributed by atoms with Crippen LogP contribution in [0.3, 0.4) is 0 Å². The maximum atomic E-state index is 13.6. The third kappa shape index (κ3) is 5.04. The Morgan fingerprint density at radius 1 is 1.07 bits per heavy atom. The Kier molecular flexibility index (Phi) is 6.71. The van der Waals surface area contributed by atoms with E-state index in [0.29, 0.717) is 26.2 Å². The zero-order chi connectivity index (χ0) is 20.9. The van der Waals surface area contributed by atoms with Crippen LogP contribution in [0.25, 0.3) is 0 Å². The van der Waals surface area contributed by atoms with E-state index in [1.807, 2.05) is 24.3 Å².